The molecule has 156 valence electrons. The van der Waals surface area contributed by atoms with Gasteiger partial charge in [0, 0.05) is 18.7 Å². The molecule has 0 bridgehead atoms. The number of rotatable bonds is 6. The monoisotopic (exact) mass is 425 g/mol. The second-order valence-electron chi connectivity index (χ2n) is 7.20. The summed E-state index contributed by atoms with van der Waals surface area (Å²) in [6.07, 6.45) is 4.30. The van der Waals surface area contributed by atoms with E-state index in [-0.39, 0.29) is 16.4 Å². The summed E-state index contributed by atoms with van der Waals surface area (Å²) < 4.78 is 28.8. The lowest BCUT2D eigenvalue weighted by Gasteiger charge is -2.25. The molecule has 1 aromatic heterocycles. The number of nitrogens with zero attached hydrogens (tertiary/aromatic N) is 4. The quantitative estimate of drug-likeness (QED) is 0.655. The molecule has 1 amide bonds. The molecule has 0 aliphatic carbocycles. The molecule has 2 heterocycles. The zero-order chi connectivity index (χ0) is 21.0. The van der Waals surface area contributed by atoms with Crippen LogP contribution < -0.4 is 5.32 Å². The van der Waals surface area contributed by atoms with Gasteiger partial charge in [-0.25, -0.2) is 18.1 Å². The highest BCUT2D eigenvalue weighted by atomic mass is 32.2. The first kappa shape index (κ1) is 20.2. The molecule has 1 aliphatic heterocycles. The summed E-state index contributed by atoms with van der Waals surface area (Å²) in [5, 5.41) is 6.89. The van der Waals surface area contributed by atoms with Gasteiger partial charge in [0.25, 0.3) is 5.91 Å². The normalized spacial score (nSPS) is 15.1. The van der Waals surface area contributed by atoms with Crippen molar-refractivity contribution in [1.82, 2.24) is 19.1 Å². The third-order valence-electron chi connectivity index (χ3n) is 5.00. The molecule has 3 aromatic rings. The number of carbonyl (C=O) groups is 1. The number of sulfonamides is 1. The van der Waals surface area contributed by atoms with Gasteiger partial charge in [0.2, 0.25) is 16.0 Å². The number of carbonyl (C=O) groups excluding carboxylic acids is 1. The number of hydrogen-bond acceptors (Lipinski definition) is 5. The molecule has 1 saturated heterocycles. The number of piperidine rings is 1. The first-order valence-electron chi connectivity index (χ1n) is 9.87. The third-order valence-corrected chi connectivity index (χ3v) is 6.89. The van der Waals surface area contributed by atoms with Crippen LogP contribution in [0.25, 0.3) is 0 Å². The number of benzene rings is 2. The number of hydrogen-bond donors (Lipinski definition) is 1. The van der Waals surface area contributed by atoms with Gasteiger partial charge in [-0.2, -0.15) is 4.31 Å². The van der Waals surface area contributed by atoms with E-state index >= 15 is 0 Å². The topological polar surface area (TPSA) is 97.2 Å². The van der Waals surface area contributed by atoms with E-state index in [0.717, 1.165) is 24.8 Å². The summed E-state index contributed by atoms with van der Waals surface area (Å²) in [5.74, 6) is -0.289. The van der Waals surface area contributed by atoms with Crippen molar-refractivity contribution in [3.05, 3.63) is 72.1 Å². The third kappa shape index (κ3) is 4.58. The van der Waals surface area contributed by atoms with Crippen molar-refractivity contribution in [2.45, 2.75) is 30.7 Å². The second kappa shape index (κ2) is 8.76. The number of amides is 1. The Kier molecular flexibility index (Phi) is 5.91. The van der Waals surface area contributed by atoms with Crippen LogP contribution in [-0.2, 0) is 16.6 Å². The van der Waals surface area contributed by atoms with E-state index in [2.05, 4.69) is 15.4 Å². The van der Waals surface area contributed by atoms with Gasteiger partial charge in [-0.3, -0.25) is 10.1 Å². The highest BCUT2D eigenvalue weighted by Gasteiger charge is 2.26. The largest absolute Gasteiger partial charge is 0.289 e. The lowest BCUT2D eigenvalue weighted by atomic mass is 10.2. The molecule has 1 fully saturated rings. The Morgan fingerprint density at radius 2 is 1.77 bits per heavy atom. The van der Waals surface area contributed by atoms with Crippen LogP contribution in [0.1, 0.15) is 35.2 Å². The summed E-state index contributed by atoms with van der Waals surface area (Å²) in [5.41, 5.74) is 1.31. The maximum atomic E-state index is 12.9. The summed E-state index contributed by atoms with van der Waals surface area (Å²) in [4.78, 5) is 16.9. The molecular weight excluding hydrogens is 402 g/mol. The molecule has 0 radical (unpaired) electrons. The Morgan fingerprint density at radius 3 is 2.53 bits per heavy atom. The molecule has 30 heavy (non-hydrogen) atoms. The lowest BCUT2D eigenvalue weighted by molar-refractivity contribution is 0.102. The molecule has 4 rings (SSSR count). The number of anilines is 1. The van der Waals surface area contributed by atoms with Gasteiger partial charge < -0.3 is 0 Å². The van der Waals surface area contributed by atoms with Crippen molar-refractivity contribution in [2.75, 3.05) is 18.4 Å². The van der Waals surface area contributed by atoms with Crippen LogP contribution in [0.4, 0.5) is 5.95 Å². The van der Waals surface area contributed by atoms with Crippen molar-refractivity contribution in [2.24, 2.45) is 0 Å². The van der Waals surface area contributed by atoms with Crippen LogP contribution >= 0.6 is 0 Å². The fraction of sp³-hybridized carbons (Fsp3) is 0.286. The van der Waals surface area contributed by atoms with Crippen LogP contribution in [0, 0.1) is 0 Å². The summed E-state index contributed by atoms with van der Waals surface area (Å²) in [6, 6.07) is 15.9. The van der Waals surface area contributed by atoms with Gasteiger partial charge in [-0.1, -0.05) is 42.8 Å². The standard InChI is InChI=1S/C21H23N5O3S/c27-20(23-21-22-16-25(24-21)15-17-8-3-1-4-9-17)18-10-7-11-19(14-18)30(28,29)26-12-5-2-6-13-26/h1,3-4,7-11,14,16H,2,5-6,12-13,15H2,(H,23,24,27). The minimum atomic E-state index is -3.60. The second-order valence-corrected chi connectivity index (χ2v) is 9.14. The molecule has 0 unspecified atom stereocenters. The van der Waals surface area contributed by atoms with Crippen molar-refractivity contribution in [3.63, 3.8) is 0 Å². The van der Waals surface area contributed by atoms with Crippen molar-refractivity contribution in [3.8, 4) is 0 Å². The van der Waals surface area contributed by atoms with Crippen LogP contribution in [-0.4, -0.2) is 46.5 Å². The van der Waals surface area contributed by atoms with Crippen LogP contribution in [0.5, 0.6) is 0 Å². The molecule has 9 heteroatoms. The molecule has 1 N–H and O–H groups in total. The predicted molar refractivity (Wildman–Crippen MR) is 113 cm³/mol. The van der Waals surface area contributed by atoms with Crippen LogP contribution in [0.2, 0.25) is 0 Å². The molecule has 0 saturated carbocycles. The van der Waals surface area contributed by atoms with E-state index in [9.17, 15) is 13.2 Å². The minimum absolute atomic E-state index is 0.125. The Balaban J connectivity index is 1.46. The van der Waals surface area contributed by atoms with Gasteiger partial charge >= 0.3 is 0 Å². The summed E-state index contributed by atoms with van der Waals surface area (Å²) in [6.45, 7) is 1.57. The van der Waals surface area contributed by atoms with Gasteiger partial charge in [-0.15, -0.1) is 5.10 Å². The fourth-order valence-corrected chi connectivity index (χ4v) is 4.99. The average Bonchev–Trinajstić information content (AvgIpc) is 3.21. The molecule has 0 spiro atoms. The van der Waals surface area contributed by atoms with E-state index in [1.807, 2.05) is 30.3 Å². The molecule has 0 atom stereocenters. The van der Waals surface area contributed by atoms with Gasteiger partial charge in [-0.05, 0) is 36.6 Å². The Hall–Kier alpha value is -3.04. The van der Waals surface area contributed by atoms with E-state index in [0.29, 0.717) is 19.6 Å². The SMILES string of the molecule is O=C(Nc1ncn(Cc2ccccc2)n1)c1cccc(S(=O)(=O)N2CCCCC2)c1. The Bertz CT molecular complexity index is 1120. The first-order chi connectivity index (χ1) is 14.5. The van der Waals surface area contributed by atoms with Crippen LogP contribution in [0.3, 0.4) is 0 Å². The predicted octanol–water partition coefficient (Wildman–Crippen LogP) is 2.75. The minimum Gasteiger partial charge on any atom is -0.289 e. The lowest BCUT2D eigenvalue weighted by Crippen LogP contribution is -2.35. The zero-order valence-electron chi connectivity index (χ0n) is 16.4. The maximum Gasteiger partial charge on any atom is 0.258 e. The van der Waals surface area contributed by atoms with Crippen molar-refractivity contribution in [1.29, 1.82) is 0 Å². The van der Waals surface area contributed by atoms with Gasteiger partial charge in [0.15, 0.2) is 0 Å². The molecule has 2 aromatic carbocycles. The highest BCUT2D eigenvalue weighted by molar-refractivity contribution is 7.89. The fourth-order valence-electron chi connectivity index (χ4n) is 3.42. The first-order valence-corrected chi connectivity index (χ1v) is 11.3. The summed E-state index contributed by atoms with van der Waals surface area (Å²) in [7, 11) is -3.60. The molecule has 1 aliphatic rings. The Morgan fingerprint density at radius 1 is 1.00 bits per heavy atom. The van der Waals surface area contributed by atoms with Gasteiger partial charge in [0.1, 0.15) is 6.33 Å². The van der Waals surface area contributed by atoms with Crippen molar-refractivity contribution < 1.29 is 13.2 Å². The smallest absolute Gasteiger partial charge is 0.258 e. The van der Waals surface area contributed by atoms with E-state index < -0.39 is 15.9 Å². The summed E-state index contributed by atoms with van der Waals surface area (Å²) >= 11 is 0. The molecular formula is C21H23N5O3S. The number of nitrogens with one attached hydrogen (secondary N) is 1. The van der Waals surface area contributed by atoms with E-state index in [1.54, 1.807) is 23.1 Å². The average molecular weight is 426 g/mol. The highest BCUT2D eigenvalue weighted by Crippen LogP contribution is 2.21. The number of aromatic nitrogens is 3. The molecule has 8 nitrogen and oxygen atoms in total. The van der Waals surface area contributed by atoms with E-state index in [4.69, 9.17) is 0 Å². The maximum absolute atomic E-state index is 12.9. The van der Waals surface area contributed by atoms with Crippen LogP contribution in [0.15, 0.2) is 65.8 Å². The Labute approximate surface area is 175 Å². The van der Waals surface area contributed by atoms with Gasteiger partial charge in [0.05, 0.1) is 11.4 Å². The van der Waals surface area contributed by atoms with E-state index in [1.165, 1.54) is 16.4 Å². The zero-order valence-corrected chi connectivity index (χ0v) is 17.3. The van der Waals surface area contributed by atoms with Crippen molar-refractivity contribution >= 4 is 21.9 Å².